The third-order valence-electron chi connectivity index (χ3n) is 4.39. The van der Waals surface area contributed by atoms with Crippen molar-refractivity contribution in [3.63, 3.8) is 0 Å². The number of carboxylic acids is 1. The van der Waals surface area contributed by atoms with Gasteiger partial charge in [-0.1, -0.05) is 65.8 Å². The lowest BCUT2D eigenvalue weighted by molar-refractivity contribution is -0.192. The van der Waals surface area contributed by atoms with Crippen LogP contribution in [0.2, 0.25) is 0 Å². The molecule has 186 valence electrons. The molecule has 1 aromatic heterocycles. The van der Waals surface area contributed by atoms with Gasteiger partial charge in [-0.15, -0.1) is 0 Å². The van der Waals surface area contributed by atoms with Crippen molar-refractivity contribution in [3.05, 3.63) is 78.0 Å². The molecule has 0 unspecified atom stereocenters. The lowest BCUT2D eigenvalue weighted by Crippen LogP contribution is -2.44. The third kappa shape index (κ3) is 9.29. The van der Waals surface area contributed by atoms with Gasteiger partial charge in [-0.3, -0.25) is 9.59 Å². The second-order valence-electron chi connectivity index (χ2n) is 7.09. The zero-order valence-electron chi connectivity index (χ0n) is 18.3. The molecule has 2 aromatic carbocycles. The third-order valence-corrected chi connectivity index (χ3v) is 4.39. The smallest absolute Gasteiger partial charge is 0.475 e. The number of nitrogens with one attached hydrogen (secondary N) is 2. The Bertz CT molecular complexity index is 1110. The maximum Gasteiger partial charge on any atom is 0.490 e. The fourth-order valence-corrected chi connectivity index (χ4v) is 2.66. The van der Waals surface area contributed by atoms with Crippen LogP contribution >= 0.6 is 0 Å². The van der Waals surface area contributed by atoms with Crippen molar-refractivity contribution >= 4 is 17.8 Å². The summed E-state index contributed by atoms with van der Waals surface area (Å²) in [4.78, 5) is 33.1. The minimum absolute atomic E-state index is 0.186. The minimum Gasteiger partial charge on any atom is -0.475 e. The molecular formula is C23H23F3N4O5. The SMILES string of the molecule is N[C@@H](Cc1ccccc1)C(=O)NCCNC(=O)c1cc(-c2ccccc2)on1.O=C(O)C(F)(F)F. The zero-order valence-corrected chi connectivity index (χ0v) is 18.3. The Balaban J connectivity index is 0.000000540. The second kappa shape index (κ2) is 12.9. The lowest BCUT2D eigenvalue weighted by atomic mass is 10.1. The molecule has 0 spiro atoms. The number of halogens is 3. The second-order valence-corrected chi connectivity index (χ2v) is 7.09. The number of carbonyl (C=O) groups is 3. The summed E-state index contributed by atoms with van der Waals surface area (Å²) in [7, 11) is 0. The number of alkyl halides is 3. The van der Waals surface area contributed by atoms with Crippen molar-refractivity contribution < 1.29 is 37.2 Å². The number of nitrogens with zero attached hydrogens (tertiary/aromatic N) is 1. The maximum absolute atomic E-state index is 12.1. The number of aliphatic carboxylic acids is 1. The number of hydrogen-bond donors (Lipinski definition) is 4. The fraction of sp³-hybridized carbons (Fsp3) is 0.217. The van der Waals surface area contributed by atoms with Crippen molar-refractivity contribution in [2.24, 2.45) is 5.73 Å². The first-order valence-electron chi connectivity index (χ1n) is 10.3. The van der Waals surface area contributed by atoms with E-state index in [1.807, 2.05) is 60.7 Å². The van der Waals surface area contributed by atoms with E-state index < -0.39 is 18.2 Å². The van der Waals surface area contributed by atoms with E-state index in [2.05, 4.69) is 15.8 Å². The van der Waals surface area contributed by atoms with Crippen LogP contribution in [-0.2, 0) is 16.0 Å². The van der Waals surface area contributed by atoms with E-state index in [4.69, 9.17) is 20.2 Å². The molecule has 0 saturated carbocycles. The molecule has 35 heavy (non-hydrogen) atoms. The van der Waals surface area contributed by atoms with E-state index in [9.17, 15) is 22.8 Å². The fourth-order valence-electron chi connectivity index (χ4n) is 2.66. The summed E-state index contributed by atoms with van der Waals surface area (Å²) in [6.07, 6.45) is -4.62. The van der Waals surface area contributed by atoms with Crippen LogP contribution in [0.3, 0.4) is 0 Å². The van der Waals surface area contributed by atoms with Crippen LogP contribution < -0.4 is 16.4 Å². The number of aromatic nitrogens is 1. The van der Waals surface area contributed by atoms with Crippen molar-refractivity contribution in [1.82, 2.24) is 15.8 Å². The van der Waals surface area contributed by atoms with E-state index in [0.717, 1.165) is 11.1 Å². The van der Waals surface area contributed by atoms with Crippen molar-refractivity contribution in [1.29, 1.82) is 0 Å². The Morgan fingerprint density at radius 2 is 1.51 bits per heavy atom. The van der Waals surface area contributed by atoms with Gasteiger partial charge < -0.3 is 26.0 Å². The average molecular weight is 492 g/mol. The van der Waals surface area contributed by atoms with Gasteiger partial charge in [0.05, 0.1) is 6.04 Å². The lowest BCUT2D eigenvalue weighted by Gasteiger charge is -2.12. The van der Waals surface area contributed by atoms with Crippen LogP contribution in [0.25, 0.3) is 11.3 Å². The molecule has 1 heterocycles. The highest BCUT2D eigenvalue weighted by molar-refractivity contribution is 5.93. The molecule has 0 aliphatic heterocycles. The van der Waals surface area contributed by atoms with E-state index in [1.54, 1.807) is 6.07 Å². The molecule has 2 amide bonds. The van der Waals surface area contributed by atoms with Gasteiger partial charge in [0.2, 0.25) is 5.91 Å². The number of carboxylic acid groups (broad SMARTS) is 1. The first kappa shape index (κ1) is 27.1. The number of benzene rings is 2. The molecule has 1 atom stereocenters. The van der Waals surface area contributed by atoms with Crippen LogP contribution in [0, 0.1) is 0 Å². The first-order valence-corrected chi connectivity index (χ1v) is 10.3. The molecule has 3 rings (SSSR count). The molecule has 12 heteroatoms. The van der Waals surface area contributed by atoms with Crippen molar-refractivity contribution in [2.75, 3.05) is 13.1 Å². The van der Waals surface area contributed by atoms with E-state index in [0.29, 0.717) is 12.2 Å². The summed E-state index contributed by atoms with van der Waals surface area (Å²) < 4.78 is 36.9. The molecule has 0 aliphatic carbocycles. The average Bonchev–Trinajstić information content (AvgIpc) is 3.33. The molecule has 5 N–H and O–H groups in total. The zero-order chi connectivity index (χ0) is 25.8. The van der Waals surface area contributed by atoms with E-state index in [1.165, 1.54) is 0 Å². The Morgan fingerprint density at radius 3 is 2.09 bits per heavy atom. The molecule has 0 fully saturated rings. The molecule has 3 aromatic rings. The van der Waals surface area contributed by atoms with Crippen molar-refractivity contribution in [3.8, 4) is 11.3 Å². The minimum atomic E-state index is -5.08. The van der Waals surface area contributed by atoms with Crippen LogP contribution in [0.1, 0.15) is 16.1 Å². The topological polar surface area (TPSA) is 148 Å². The quantitative estimate of drug-likeness (QED) is 0.353. The monoisotopic (exact) mass is 492 g/mol. The van der Waals surface area contributed by atoms with Crippen LogP contribution in [0.4, 0.5) is 13.2 Å². The van der Waals surface area contributed by atoms with Gasteiger partial charge in [0, 0.05) is 24.7 Å². The normalized spacial score (nSPS) is 11.5. The predicted molar refractivity (Wildman–Crippen MR) is 119 cm³/mol. The highest BCUT2D eigenvalue weighted by atomic mass is 19.4. The summed E-state index contributed by atoms with van der Waals surface area (Å²) in [6.45, 7) is 0.534. The molecule has 9 nitrogen and oxygen atoms in total. The number of rotatable bonds is 8. The first-order chi connectivity index (χ1) is 16.6. The summed E-state index contributed by atoms with van der Waals surface area (Å²) in [5.41, 5.74) is 7.94. The predicted octanol–water partition coefficient (Wildman–Crippen LogP) is 2.39. The largest absolute Gasteiger partial charge is 0.490 e. The highest BCUT2D eigenvalue weighted by Crippen LogP contribution is 2.19. The summed E-state index contributed by atoms with van der Waals surface area (Å²) in [5, 5.41) is 16.3. The van der Waals surface area contributed by atoms with Gasteiger partial charge in [-0.05, 0) is 12.0 Å². The van der Waals surface area contributed by atoms with Gasteiger partial charge >= 0.3 is 12.1 Å². The van der Waals surface area contributed by atoms with Gasteiger partial charge in [-0.2, -0.15) is 13.2 Å². The molecular weight excluding hydrogens is 469 g/mol. The summed E-state index contributed by atoms with van der Waals surface area (Å²) >= 11 is 0. The highest BCUT2D eigenvalue weighted by Gasteiger charge is 2.38. The van der Waals surface area contributed by atoms with Crippen LogP contribution in [-0.4, -0.2) is 53.4 Å². The van der Waals surface area contributed by atoms with Gasteiger partial charge in [-0.25, -0.2) is 4.79 Å². The van der Waals surface area contributed by atoms with Crippen molar-refractivity contribution in [2.45, 2.75) is 18.6 Å². The van der Waals surface area contributed by atoms with E-state index in [-0.39, 0.29) is 30.6 Å². The van der Waals surface area contributed by atoms with E-state index >= 15 is 0 Å². The molecule has 0 radical (unpaired) electrons. The number of amides is 2. The van der Waals surface area contributed by atoms with Crippen LogP contribution in [0.5, 0.6) is 0 Å². The number of hydrogen-bond acceptors (Lipinski definition) is 6. The Hall–Kier alpha value is -4.19. The Morgan fingerprint density at radius 1 is 0.971 bits per heavy atom. The molecule has 0 saturated heterocycles. The Kier molecular flexibility index (Phi) is 9.97. The van der Waals surface area contributed by atoms with Gasteiger partial charge in [0.1, 0.15) is 0 Å². The Labute approximate surface area is 198 Å². The van der Waals surface area contributed by atoms with Gasteiger partial charge in [0.25, 0.3) is 5.91 Å². The standard InChI is InChI=1S/C21H22N4O3.C2HF3O2/c22-17(13-15-7-3-1-4-8-15)20(26)23-11-12-24-21(27)18-14-19(28-25-18)16-9-5-2-6-10-16;3-2(4,5)1(6)7/h1-10,14,17H,11-13,22H2,(H,23,26)(H,24,27);(H,6,7)/t17-;/m0./s1. The number of nitrogens with two attached hydrogens (primary N) is 1. The maximum atomic E-state index is 12.1. The molecule has 0 aliphatic rings. The van der Waals surface area contributed by atoms with Gasteiger partial charge in [0.15, 0.2) is 11.5 Å². The van der Waals surface area contributed by atoms with Crippen LogP contribution in [0.15, 0.2) is 71.3 Å². The molecule has 0 bridgehead atoms. The number of carbonyl (C=O) groups excluding carboxylic acids is 2. The summed E-state index contributed by atoms with van der Waals surface area (Å²) in [5.74, 6) is -2.86. The summed E-state index contributed by atoms with van der Waals surface area (Å²) in [6, 6.07) is 19.9.